The van der Waals surface area contributed by atoms with Gasteiger partial charge in [0.2, 0.25) is 5.91 Å². The van der Waals surface area contributed by atoms with E-state index in [2.05, 4.69) is 21.1 Å². The highest BCUT2D eigenvalue weighted by molar-refractivity contribution is 7.10. The maximum atomic E-state index is 10.9. The van der Waals surface area contributed by atoms with E-state index in [9.17, 15) is 4.79 Å². The molecule has 0 radical (unpaired) electrons. The number of nitrogens with zero attached hydrogens (tertiary/aromatic N) is 2. The van der Waals surface area contributed by atoms with Crippen molar-refractivity contribution < 1.29 is 4.79 Å². The molecule has 0 unspecified atom stereocenters. The Morgan fingerprint density at radius 2 is 2.40 bits per heavy atom. The third-order valence-corrected chi connectivity index (χ3v) is 2.79. The molecule has 80 valence electrons. The summed E-state index contributed by atoms with van der Waals surface area (Å²) in [6.45, 7) is 2.30. The van der Waals surface area contributed by atoms with Crippen LogP contribution in [0.4, 0.5) is 5.00 Å². The molecule has 0 spiro atoms. The Kier molecular flexibility index (Phi) is 4.06. The van der Waals surface area contributed by atoms with Gasteiger partial charge in [-0.05, 0) is 18.5 Å². The quantitative estimate of drug-likeness (QED) is 0.795. The molecule has 0 saturated heterocycles. The number of rotatable bonds is 4. The highest BCUT2D eigenvalue weighted by Crippen LogP contribution is 2.22. The van der Waals surface area contributed by atoms with Crippen LogP contribution in [-0.4, -0.2) is 23.9 Å². The molecule has 1 amide bonds. The molecular formula is C9H12N4OS. The Bertz CT molecular complexity index is 393. The van der Waals surface area contributed by atoms with E-state index >= 15 is 0 Å². The Labute approximate surface area is 92.3 Å². The van der Waals surface area contributed by atoms with E-state index in [1.165, 1.54) is 11.5 Å². The number of aromatic nitrogens is 1. The van der Waals surface area contributed by atoms with Crippen LogP contribution in [0.25, 0.3) is 0 Å². The summed E-state index contributed by atoms with van der Waals surface area (Å²) in [6.07, 6.45) is 0.387. The molecule has 1 aromatic rings. The van der Waals surface area contributed by atoms with Crippen LogP contribution >= 0.6 is 11.5 Å². The Morgan fingerprint density at radius 1 is 1.67 bits per heavy atom. The molecule has 0 atom stereocenters. The molecule has 0 aromatic carbocycles. The van der Waals surface area contributed by atoms with Gasteiger partial charge in [0.1, 0.15) is 16.6 Å². The Balaban J connectivity index is 2.52. The number of amides is 1. The number of hydrogen-bond acceptors (Lipinski definition) is 5. The summed E-state index contributed by atoms with van der Waals surface area (Å²) < 4.78 is 4.06. The lowest BCUT2D eigenvalue weighted by molar-refractivity contribution is -0.120. The summed E-state index contributed by atoms with van der Waals surface area (Å²) >= 11 is 1.24. The topological polar surface area (TPSA) is 77.8 Å². The summed E-state index contributed by atoms with van der Waals surface area (Å²) in [7, 11) is 1.60. The molecule has 15 heavy (non-hydrogen) atoms. The van der Waals surface area contributed by atoms with Gasteiger partial charge in [-0.3, -0.25) is 4.79 Å². The standard InChI is InChI=1S/C9H12N4OS/c1-6-7(5-10)9(15-13-6)12-4-3-8(14)11-2/h12H,3-4H2,1-2H3,(H,11,14). The molecule has 1 heterocycles. The lowest BCUT2D eigenvalue weighted by Crippen LogP contribution is -2.20. The van der Waals surface area contributed by atoms with Gasteiger partial charge in [0.25, 0.3) is 0 Å². The SMILES string of the molecule is CNC(=O)CCNc1snc(C)c1C#N. The van der Waals surface area contributed by atoms with Crippen molar-refractivity contribution in [2.75, 3.05) is 18.9 Å². The third-order valence-electron chi connectivity index (χ3n) is 1.89. The van der Waals surface area contributed by atoms with Gasteiger partial charge in [0.05, 0.1) is 5.69 Å². The van der Waals surface area contributed by atoms with Crippen molar-refractivity contribution in [3.05, 3.63) is 11.3 Å². The van der Waals surface area contributed by atoms with Crippen LogP contribution in [0.5, 0.6) is 0 Å². The van der Waals surface area contributed by atoms with Crippen molar-refractivity contribution in [3.8, 4) is 6.07 Å². The van der Waals surface area contributed by atoms with Gasteiger partial charge < -0.3 is 10.6 Å². The fraction of sp³-hybridized carbons (Fsp3) is 0.444. The predicted octanol–water partition coefficient (Wildman–Crippen LogP) is 0.871. The molecule has 0 aliphatic heterocycles. The number of aryl methyl sites for hydroxylation is 1. The summed E-state index contributed by atoms with van der Waals surface area (Å²) in [6, 6.07) is 2.08. The zero-order valence-corrected chi connectivity index (χ0v) is 9.44. The van der Waals surface area contributed by atoms with Gasteiger partial charge in [-0.1, -0.05) is 0 Å². The average molecular weight is 224 g/mol. The molecule has 0 aliphatic rings. The number of carbonyl (C=O) groups is 1. The lowest BCUT2D eigenvalue weighted by atomic mass is 10.3. The van der Waals surface area contributed by atoms with Gasteiger partial charge in [0, 0.05) is 20.0 Å². The maximum absolute atomic E-state index is 10.9. The van der Waals surface area contributed by atoms with Crippen LogP contribution in [0.1, 0.15) is 17.7 Å². The molecule has 0 bridgehead atoms. The Hall–Kier alpha value is -1.61. The van der Waals surface area contributed by atoms with Gasteiger partial charge in [-0.2, -0.15) is 9.64 Å². The minimum Gasteiger partial charge on any atom is -0.374 e. The summed E-state index contributed by atoms with van der Waals surface area (Å²) in [5, 5.41) is 15.1. The number of carbonyl (C=O) groups excluding carboxylic acids is 1. The first kappa shape index (κ1) is 11.5. The van der Waals surface area contributed by atoms with Crippen molar-refractivity contribution in [1.82, 2.24) is 9.69 Å². The van der Waals surface area contributed by atoms with Crippen molar-refractivity contribution in [3.63, 3.8) is 0 Å². The van der Waals surface area contributed by atoms with E-state index in [1.807, 2.05) is 0 Å². The van der Waals surface area contributed by atoms with Crippen molar-refractivity contribution in [1.29, 1.82) is 5.26 Å². The molecule has 0 saturated carbocycles. The molecule has 0 aliphatic carbocycles. The van der Waals surface area contributed by atoms with Gasteiger partial charge in [-0.15, -0.1) is 0 Å². The van der Waals surface area contributed by atoms with E-state index in [-0.39, 0.29) is 5.91 Å². The van der Waals surface area contributed by atoms with Crippen LogP contribution in [0.3, 0.4) is 0 Å². The molecule has 6 heteroatoms. The molecule has 1 rings (SSSR count). The van der Waals surface area contributed by atoms with E-state index in [4.69, 9.17) is 5.26 Å². The number of hydrogen-bond donors (Lipinski definition) is 2. The number of nitriles is 1. The van der Waals surface area contributed by atoms with Crippen LogP contribution in [0.15, 0.2) is 0 Å². The van der Waals surface area contributed by atoms with Gasteiger partial charge >= 0.3 is 0 Å². The van der Waals surface area contributed by atoms with E-state index in [0.717, 1.165) is 10.7 Å². The van der Waals surface area contributed by atoms with Crippen molar-refractivity contribution >= 4 is 22.4 Å². The van der Waals surface area contributed by atoms with Crippen LogP contribution in [-0.2, 0) is 4.79 Å². The van der Waals surface area contributed by atoms with Crippen LogP contribution < -0.4 is 10.6 Å². The molecule has 5 nitrogen and oxygen atoms in total. The largest absolute Gasteiger partial charge is 0.374 e. The monoisotopic (exact) mass is 224 g/mol. The van der Waals surface area contributed by atoms with Crippen molar-refractivity contribution in [2.45, 2.75) is 13.3 Å². The highest BCUT2D eigenvalue weighted by atomic mass is 32.1. The zero-order chi connectivity index (χ0) is 11.3. The van der Waals surface area contributed by atoms with Gasteiger partial charge in [-0.25, -0.2) is 0 Å². The minimum atomic E-state index is -0.0257. The molecule has 0 fully saturated rings. The number of anilines is 1. The molecule has 2 N–H and O–H groups in total. The lowest BCUT2D eigenvalue weighted by Gasteiger charge is -2.02. The zero-order valence-electron chi connectivity index (χ0n) is 8.63. The average Bonchev–Trinajstić information content (AvgIpc) is 2.59. The second kappa shape index (κ2) is 5.32. The highest BCUT2D eigenvalue weighted by Gasteiger charge is 2.09. The second-order valence-corrected chi connectivity index (χ2v) is 3.71. The van der Waals surface area contributed by atoms with E-state index < -0.39 is 0 Å². The summed E-state index contributed by atoms with van der Waals surface area (Å²) in [4.78, 5) is 10.9. The number of nitrogens with one attached hydrogen (secondary N) is 2. The van der Waals surface area contributed by atoms with Crippen LogP contribution in [0.2, 0.25) is 0 Å². The predicted molar refractivity (Wildman–Crippen MR) is 58.7 cm³/mol. The fourth-order valence-corrected chi connectivity index (χ4v) is 1.81. The van der Waals surface area contributed by atoms with Gasteiger partial charge in [0.15, 0.2) is 0 Å². The Morgan fingerprint density at radius 3 is 3.00 bits per heavy atom. The normalized spacial score (nSPS) is 9.40. The fourth-order valence-electron chi connectivity index (χ4n) is 1.04. The smallest absolute Gasteiger partial charge is 0.221 e. The van der Waals surface area contributed by atoms with Crippen molar-refractivity contribution in [2.24, 2.45) is 0 Å². The second-order valence-electron chi connectivity index (χ2n) is 2.93. The van der Waals surface area contributed by atoms with E-state index in [0.29, 0.717) is 18.5 Å². The maximum Gasteiger partial charge on any atom is 0.221 e. The summed E-state index contributed by atoms with van der Waals surface area (Å²) in [5.74, 6) is -0.0257. The first-order chi connectivity index (χ1) is 7.19. The third kappa shape index (κ3) is 2.92. The minimum absolute atomic E-state index is 0.0257. The summed E-state index contributed by atoms with van der Waals surface area (Å²) in [5.41, 5.74) is 1.29. The first-order valence-corrected chi connectivity index (χ1v) is 5.27. The molecular weight excluding hydrogens is 212 g/mol. The van der Waals surface area contributed by atoms with Crippen LogP contribution in [0, 0.1) is 18.3 Å². The van der Waals surface area contributed by atoms with E-state index in [1.54, 1.807) is 14.0 Å². The molecule has 1 aromatic heterocycles. The first-order valence-electron chi connectivity index (χ1n) is 4.50.